The monoisotopic (exact) mass is 528 g/mol. The number of hydrogen-bond acceptors (Lipinski definition) is 7. The lowest BCUT2D eigenvalue weighted by molar-refractivity contribution is -0.253. The van der Waals surface area contributed by atoms with Gasteiger partial charge in [-0.3, -0.25) is 4.79 Å². The summed E-state index contributed by atoms with van der Waals surface area (Å²) in [7, 11) is 0. The highest BCUT2D eigenvalue weighted by molar-refractivity contribution is 5.93. The van der Waals surface area contributed by atoms with Gasteiger partial charge in [0.15, 0.2) is 6.29 Å². The van der Waals surface area contributed by atoms with Crippen molar-refractivity contribution in [2.45, 2.75) is 49.9 Å². The zero-order valence-corrected chi connectivity index (χ0v) is 22.0. The molecule has 3 aliphatic heterocycles. The molecule has 3 aliphatic rings. The summed E-state index contributed by atoms with van der Waals surface area (Å²) in [6, 6.07) is 25.8. The fourth-order valence-electron chi connectivity index (χ4n) is 6.16. The maximum Gasteiger partial charge on any atom is 0.247 e. The van der Waals surface area contributed by atoms with E-state index in [1.807, 2.05) is 66.7 Å². The highest BCUT2D eigenvalue weighted by Crippen LogP contribution is 2.40. The van der Waals surface area contributed by atoms with E-state index in [1.165, 1.54) is 0 Å². The minimum atomic E-state index is -0.528. The number of carbonyl (C=O) groups is 1. The Morgan fingerprint density at radius 3 is 2.44 bits per heavy atom. The van der Waals surface area contributed by atoms with Crippen molar-refractivity contribution in [2.24, 2.45) is 0 Å². The van der Waals surface area contributed by atoms with Crippen LogP contribution in [0.1, 0.15) is 48.3 Å². The van der Waals surface area contributed by atoms with Crippen LogP contribution in [0.25, 0.3) is 0 Å². The molecule has 6 rings (SSSR count). The molecular weight excluding hydrogens is 492 g/mol. The molecule has 3 atom stereocenters. The number of para-hydroxylation sites is 1. The first-order chi connectivity index (χ1) is 19.0. The second-order valence-corrected chi connectivity index (χ2v) is 10.8. The van der Waals surface area contributed by atoms with Crippen molar-refractivity contribution in [2.75, 3.05) is 36.9 Å². The van der Waals surface area contributed by atoms with Crippen molar-refractivity contribution in [1.29, 1.82) is 0 Å². The SMILES string of the molecule is Nc1cccc(C2O[C@H](CN3CCC4(CC3)C(=O)NCN4c3ccccc3)C[C@H](c3ccc(CO)cc3)O2)c1. The molecule has 3 heterocycles. The summed E-state index contributed by atoms with van der Waals surface area (Å²) in [6.07, 6.45) is 1.52. The van der Waals surface area contributed by atoms with Gasteiger partial charge in [-0.25, -0.2) is 0 Å². The van der Waals surface area contributed by atoms with E-state index in [9.17, 15) is 9.90 Å². The quantitative estimate of drug-likeness (QED) is 0.419. The number of nitrogens with two attached hydrogens (primary N) is 1. The van der Waals surface area contributed by atoms with Crippen LogP contribution in [0.4, 0.5) is 11.4 Å². The Bertz CT molecular complexity index is 1280. The Hall–Kier alpha value is -3.43. The van der Waals surface area contributed by atoms with Crippen LogP contribution in [0.5, 0.6) is 0 Å². The first-order valence-corrected chi connectivity index (χ1v) is 13.7. The van der Waals surface area contributed by atoms with Crippen molar-refractivity contribution in [1.82, 2.24) is 10.2 Å². The van der Waals surface area contributed by atoms with Crippen molar-refractivity contribution < 1.29 is 19.4 Å². The molecule has 3 fully saturated rings. The molecule has 0 aromatic heterocycles. The van der Waals surface area contributed by atoms with Crippen LogP contribution in [0.15, 0.2) is 78.9 Å². The molecule has 39 heavy (non-hydrogen) atoms. The number of nitrogens with zero attached hydrogens (tertiary/aromatic N) is 2. The predicted octanol–water partition coefficient (Wildman–Crippen LogP) is 3.74. The number of nitrogen functional groups attached to an aromatic ring is 1. The molecule has 3 aromatic rings. The number of rotatable bonds is 6. The number of nitrogens with one attached hydrogen (secondary N) is 1. The normalized spacial score (nSPS) is 25.1. The molecule has 3 aromatic carbocycles. The summed E-state index contributed by atoms with van der Waals surface area (Å²) in [5.74, 6) is 0.126. The van der Waals surface area contributed by atoms with Crippen LogP contribution in [0, 0.1) is 0 Å². The van der Waals surface area contributed by atoms with Crippen LogP contribution in [0.3, 0.4) is 0 Å². The zero-order valence-electron chi connectivity index (χ0n) is 22.0. The molecule has 0 bridgehead atoms. The highest BCUT2D eigenvalue weighted by atomic mass is 16.7. The molecule has 3 saturated heterocycles. The number of carbonyl (C=O) groups excluding carboxylic acids is 1. The maximum absolute atomic E-state index is 13.1. The summed E-state index contributed by atoms with van der Waals surface area (Å²) >= 11 is 0. The summed E-state index contributed by atoms with van der Waals surface area (Å²) in [5, 5.41) is 12.5. The lowest BCUT2D eigenvalue weighted by Gasteiger charge is -2.45. The molecular formula is C31H36N4O4. The number of likely N-dealkylation sites (tertiary alicyclic amines) is 1. The second-order valence-electron chi connectivity index (χ2n) is 10.8. The first kappa shape index (κ1) is 25.8. The largest absolute Gasteiger partial charge is 0.399 e. The average molecular weight is 529 g/mol. The van der Waals surface area contributed by atoms with E-state index in [4.69, 9.17) is 15.2 Å². The van der Waals surface area contributed by atoms with E-state index in [0.717, 1.165) is 61.3 Å². The van der Waals surface area contributed by atoms with Gasteiger partial charge in [0.1, 0.15) is 5.54 Å². The number of amides is 1. The number of hydrogen-bond donors (Lipinski definition) is 3. The second kappa shape index (κ2) is 11.0. The van der Waals surface area contributed by atoms with Gasteiger partial charge >= 0.3 is 0 Å². The van der Waals surface area contributed by atoms with Crippen LogP contribution in [-0.2, 0) is 20.9 Å². The van der Waals surface area contributed by atoms with Crippen molar-refractivity contribution >= 4 is 17.3 Å². The van der Waals surface area contributed by atoms with Crippen LogP contribution < -0.4 is 16.0 Å². The molecule has 204 valence electrons. The standard InChI is InChI=1S/C31H36N4O4/c32-25-6-4-5-24(17-25)29-38-27(18-28(39-29)23-11-9-22(20-36)10-12-23)19-34-15-13-31(14-16-34)30(37)33-21-35(31)26-7-2-1-3-8-26/h1-12,17,27-29,36H,13-16,18-21,32H2,(H,33,37)/t27-,28+,29?/m0/s1. The summed E-state index contributed by atoms with van der Waals surface area (Å²) in [4.78, 5) is 17.7. The zero-order chi connectivity index (χ0) is 26.8. The number of anilines is 2. The van der Waals surface area contributed by atoms with E-state index < -0.39 is 11.8 Å². The van der Waals surface area contributed by atoms with Crippen LogP contribution >= 0.6 is 0 Å². The third kappa shape index (κ3) is 5.25. The Kier molecular flexibility index (Phi) is 7.27. The summed E-state index contributed by atoms with van der Waals surface area (Å²) in [5.41, 5.74) is 10.2. The van der Waals surface area contributed by atoms with E-state index in [1.54, 1.807) is 0 Å². The molecule has 1 amide bonds. The van der Waals surface area contributed by atoms with Gasteiger partial charge in [0.05, 0.1) is 25.5 Å². The Morgan fingerprint density at radius 2 is 1.72 bits per heavy atom. The van der Waals surface area contributed by atoms with Crippen molar-refractivity contribution in [3.63, 3.8) is 0 Å². The molecule has 8 nitrogen and oxygen atoms in total. The molecule has 8 heteroatoms. The average Bonchev–Trinajstić information content (AvgIpc) is 3.29. The molecule has 1 unspecified atom stereocenters. The van der Waals surface area contributed by atoms with Gasteiger partial charge in [0.25, 0.3) is 0 Å². The third-order valence-electron chi connectivity index (χ3n) is 8.35. The van der Waals surface area contributed by atoms with Crippen molar-refractivity contribution in [3.05, 3.63) is 95.6 Å². The minimum absolute atomic E-state index is 0.0135. The molecule has 0 radical (unpaired) electrons. The molecule has 1 spiro atoms. The lowest BCUT2D eigenvalue weighted by atomic mass is 9.85. The van der Waals surface area contributed by atoms with Gasteiger partial charge in [0.2, 0.25) is 5.91 Å². The molecule has 0 aliphatic carbocycles. The van der Waals surface area contributed by atoms with E-state index in [2.05, 4.69) is 27.2 Å². The highest BCUT2D eigenvalue weighted by Gasteiger charge is 2.50. The number of aliphatic hydroxyl groups is 1. The number of aliphatic hydroxyl groups excluding tert-OH is 1. The number of ether oxygens (including phenoxy) is 2. The number of piperidine rings is 1. The minimum Gasteiger partial charge on any atom is -0.399 e. The third-order valence-corrected chi connectivity index (χ3v) is 8.35. The van der Waals surface area contributed by atoms with Gasteiger partial charge < -0.3 is 35.4 Å². The maximum atomic E-state index is 13.1. The van der Waals surface area contributed by atoms with Gasteiger partial charge in [-0.1, -0.05) is 54.6 Å². The summed E-state index contributed by atoms with van der Waals surface area (Å²) in [6.45, 7) is 2.95. The topological polar surface area (TPSA) is 100 Å². The Labute approximate surface area is 229 Å². The van der Waals surface area contributed by atoms with Crippen LogP contribution in [0.2, 0.25) is 0 Å². The lowest BCUT2D eigenvalue weighted by Crippen LogP contribution is -2.57. The summed E-state index contributed by atoms with van der Waals surface area (Å²) < 4.78 is 12.9. The van der Waals surface area contributed by atoms with Crippen LogP contribution in [-0.4, -0.2) is 53.9 Å². The first-order valence-electron chi connectivity index (χ1n) is 13.7. The van der Waals surface area contributed by atoms with E-state index >= 15 is 0 Å². The molecule has 4 N–H and O–H groups in total. The van der Waals surface area contributed by atoms with Crippen molar-refractivity contribution in [3.8, 4) is 0 Å². The fraction of sp³-hybridized carbons (Fsp3) is 0.387. The Balaban J connectivity index is 1.17. The smallest absolute Gasteiger partial charge is 0.247 e. The number of benzene rings is 3. The van der Waals surface area contributed by atoms with Gasteiger partial charge in [-0.05, 0) is 48.2 Å². The van der Waals surface area contributed by atoms with Gasteiger partial charge in [-0.2, -0.15) is 0 Å². The molecule has 0 saturated carbocycles. The van der Waals surface area contributed by atoms with E-state index in [-0.39, 0.29) is 24.7 Å². The van der Waals surface area contributed by atoms with E-state index in [0.29, 0.717) is 12.4 Å². The van der Waals surface area contributed by atoms with Gasteiger partial charge in [-0.15, -0.1) is 0 Å². The predicted molar refractivity (Wildman–Crippen MR) is 150 cm³/mol. The Morgan fingerprint density at radius 1 is 0.949 bits per heavy atom. The fourth-order valence-corrected chi connectivity index (χ4v) is 6.16. The van der Waals surface area contributed by atoms with Gasteiger partial charge in [0, 0.05) is 43.0 Å².